The van der Waals surface area contributed by atoms with E-state index < -0.39 is 11.8 Å². The number of hydrogen-bond donors (Lipinski definition) is 1. The summed E-state index contributed by atoms with van der Waals surface area (Å²) in [7, 11) is 0. The number of hydrogen-bond acceptors (Lipinski definition) is 7. The number of carboxylic acid groups (broad SMARTS) is 1. The number of carboxylic acids is 1. The molecule has 2 aliphatic rings. The lowest BCUT2D eigenvalue weighted by Gasteiger charge is -2.42. The number of rotatable bonds is 5. The lowest BCUT2D eigenvalue weighted by Crippen LogP contribution is -2.53. The molecule has 3 aromatic rings. The predicted molar refractivity (Wildman–Crippen MR) is 148 cm³/mol. The minimum atomic E-state index is -1.06. The average Bonchev–Trinajstić information content (AvgIpc) is 2.90. The van der Waals surface area contributed by atoms with E-state index in [1.807, 2.05) is 6.07 Å². The summed E-state index contributed by atoms with van der Waals surface area (Å²) in [5.74, 6) is 0.479. The van der Waals surface area contributed by atoms with Crippen LogP contribution in [-0.2, 0) is 0 Å². The van der Waals surface area contributed by atoms with Crippen molar-refractivity contribution in [2.45, 2.75) is 45.2 Å². The molecule has 2 atom stereocenters. The van der Waals surface area contributed by atoms with Crippen molar-refractivity contribution in [3.05, 3.63) is 58.0 Å². The van der Waals surface area contributed by atoms with Crippen LogP contribution in [0.3, 0.4) is 0 Å². The monoisotopic (exact) mass is 558 g/mol. The number of anilines is 3. The first-order chi connectivity index (χ1) is 18.2. The molecule has 0 radical (unpaired) electrons. The van der Waals surface area contributed by atoms with E-state index >= 15 is 0 Å². The Bertz CT molecular complexity index is 1360. The van der Waals surface area contributed by atoms with Crippen LogP contribution in [0.5, 0.6) is 0 Å². The molecule has 0 spiro atoms. The van der Waals surface area contributed by atoms with Gasteiger partial charge in [-0.15, -0.1) is 0 Å². The fourth-order valence-corrected chi connectivity index (χ4v) is 5.63. The standard InChI is InChI=1S/C27H29Cl2FN6O2/c1-16-5-3-4-8-36(16)27-32-23(18-6-7-22(30)20(28)11-18)13-24(33-27)35-10-9-34(15-17(35)2)25-21(29)12-19(14-31-25)26(37)38/h6-7,11-14,16-17H,3-5,8-10,15H2,1-2H3,(H,37,38)/t16-,17+/m0/s1. The highest BCUT2D eigenvalue weighted by Crippen LogP contribution is 2.33. The van der Waals surface area contributed by atoms with Gasteiger partial charge in [0.05, 0.1) is 21.3 Å². The largest absolute Gasteiger partial charge is 0.478 e. The summed E-state index contributed by atoms with van der Waals surface area (Å²) in [4.78, 5) is 32.0. The molecule has 0 unspecified atom stereocenters. The predicted octanol–water partition coefficient (Wildman–Crippen LogP) is 5.78. The molecule has 200 valence electrons. The minimum absolute atomic E-state index is 0.0481. The Balaban J connectivity index is 1.46. The Morgan fingerprint density at radius 1 is 1.00 bits per heavy atom. The number of piperazine rings is 1. The molecule has 0 amide bonds. The third kappa shape index (κ3) is 5.35. The van der Waals surface area contributed by atoms with Gasteiger partial charge in [-0.3, -0.25) is 0 Å². The maximum atomic E-state index is 13.9. The summed E-state index contributed by atoms with van der Waals surface area (Å²) in [5, 5.41) is 9.58. The summed E-state index contributed by atoms with van der Waals surface area (Å²) in [5.41, 5.74) is 1.47. The normalized spacial score (nSPS) is 20.1. The van der Waals surface area contributed by atoms with Gasteiger partial charge in [-0.05, 0) is 57.4 Å². The van der Waals surface area contributed by atoms with E-state index in [1.54, 1.807) is 12.1 Å². The number of pyridine rings is 1. The Morgan fingerprint density at radius 3 is 2.50 bits per heavy atom. The second kappa shape index (κ2) is 10.9. The van der Waals surface area contributed by atoms with Crippen molar-refractivity contribution in [1.82, 2.24) is 15.0 Å². The molecule has 1 aromatic carbocycles. The highest BCUT2D eigenvalue weighted by molar-refractivity contribution is 6.33. The van der Waals surface area contributed by atoms with Gasteiger partial charge >= 0.3 is 5.97 Å². The number of nitrogens with zero attached hydrogens (tertiary/aromatic N) is 6. The van der Waals surface area contributed by atoms with Gasteiger partial charge in [0.15, 0.2) is 0 Å². The topological polar surface area (TPSA) is 85.7 Å². The lowest BCUT2D eigenvalue weighted by atomic mass is 10.0. The van der Waals surface area contributed by atoms with Crippen molar-refractivity contribution in [3.63, 3.8) is 0 Å². The van der Waals surface area contributed by atoms with Gasteiger partial charge in [0.25, 0.3) is 0 Å². The van der Waals surface area contributed by atoms with Gasteiger partial charge in [0.2, 0.25) is 5.95 Å². The third-order valence-electron chi connectivity index (χ3n) is 7.27. The van der Waals surface area contributed by atoms with Crippen LogP contribution >= 0.6 is 23.2 Å². The molecule has 2 saturated heterocycles. The van der Waals surface area contributed by atoms with Crippen LogP contribution in [0.1, 0.15) is 43.5 Å². The molecule has 5 rings (SSSR count). The maximum absolute atomic E-state index is 13.9. The van der Waals surface area contributed by atoms with Gasteiger partial charge in [-0.1, -0.05) is 23.2 Å². The Kier molecular flexibility index (Phi) is 7.59. The van der Waals surface area contributed by atoms with E-state index in [0.717, 1.165) is 30.8 Å². The van der Waals surface area contributed by atoms with Crippen LogP contribution in [0.4, 0.5) is 22.0 Å². The summed E-state index contributed by atoms with van der Waals surface area (Å²) in [6.07, 6.45) is 4.67. The fourth-order valence-electron chi connectivity index (χ4n) is 5.17. The van der Waals surface area contributed by atoms with Crippen LogP contribution in [-0.4, -0.2) is 64.3 Å². The summed E-state index contributed by atoms with van der Waals surface area (Å²) in [6.45, 7) is 7.07. The first kappa shape index (κ1) is 26.4. The quantitative estimate of drug-likeness (QED) is 0.422. The molecule has 1 N–H and O–H groups in total. The van der Waals surface area contributed by atoms with E-state index in [2.05, 4.69) is 33.5 Å². The van der Waals surface area contributed by atoms with E-state index in [1.165, 1.54) is 24.8 Å². The van der Waals surface area contributed by atoms with Crippen molar-refractivity contribution < 1.29 is 14.3 Å². The van der Waals surface area contributed by atoms with E-state index in [4.69, 9.17) is 33.2 Å². The smallest absolute Gasteiger partial charge is 0.337 e. The van der Waals surface area contributed by atoms with Crippen molar-refractivity contribution in [2.24, 2.45) is 0 Å². The van der Waals surface area contributed by atoms with Gasteiger partial charge in [-0.2, -0.15) is 4.98 Å². The number of halogens is 3. The number of piperidine rings is 1. The van der Waals surface area contributed by atoms with Crippen LogP contribution in [0.2, 0.25) is 10.0 Å². The minimum Gasteiger partial charge on any atom is -0.478 e. The molecular formula is C27H29Cl2FN6O2. The van der Waals surface area contributed by atoms with E-state index in [9.17, 15) is 14.3 Å². The van der Waals surface area contributed by atoms with Gasteiger partial charge in [0.1, 0.15) is 17.5 Å². The molecule has 4 heterocycles. The van der Waals surface area contributed by atoms with Gasteiger partial charge < -0.3 is 19.8 Å². The highest BCUT2D eigenvalue weighted by atomic mass is 35.5. The summed E-state index contributed by atoms with van der Waals surface area (Å²) in [6, 6.07) is 8.37. The molecular weight excluding hydrogens is 530 g/mol. The third-order valence-corrected chi connectivity index (χ3v) is 7.83. The second-order valence-corrected chi connectivity index (χ2v) is 10.7. The molecule has 2 aromatic heterocycles. The number of aromatic carboxylic acids is 1. The second-order valence-electron chi connectivity index (χ2n) is 9.90. The molecule has 2 aliphatic heterocycles. The van der Waals surface area contributed by atoms with Gasteiger partial charge in [-0.25, -0.2) is 19.2 Å². The fraction of sp³-hybridized carbons (Fsp3) is 0.407. The molecule has 0 aliphatic carbocycles. The number of benzene rings is 1. The van der Waals surface area contributed by atoms with Crippen LogP contribution in [0.25, 0.3) is 11.3 Å². The average molecular weight is 559 g/mol. The Hall–Kier alpha value is -3.17. The first-order valence-electron chi connectivity index (χ1n) is 12.7. The molecule has 0 saturated carbocycles. The molecule has 38 heavy (non-hydrogen) atoms. The van der Waals surface area contributed by atoms with Crippen LogP contribution < -0.4 is 14.7 Å². The van der Waals surface area contributed by atoms with Gasteiger partial charge in [0, 0.05) is 56.1 Å². The molecule has 0 bridgehead atoms. The zero-order valence-electron chi connectivity index (χ0n) is 21.2. The van der Waals surface area contributed by atoms with Crippen molar-refractivity contribution in [2.75, 3.05) is 40.9 Å². The first-order valence-corrected chi connectivity index (χ1v) is 13.5. The van der Waals surface area contributed by atoms with E-state index in [0.29, 0.717) is 48.2 Å². The molecule has 2 fully saturated rings. The molecule has 8 nitrogen and oxygen atoms in total. The summed E-state index contributed by atoms with van der Waals surface area (Å²) >= 11 is 12.5. The van der Waals surface area contributed by atoms with Crippen LogP contribution in [0, 0.1) is 5.82 Å². The number of aromatic nitrogens is 3. The van der Waals surface area contributed by atoms with Crippen molar-refractivity contribution in [3.8, 4) is 11.3 Å². The Labute approximate surface area is 231 Å². The Morgan fingerprint density at radius 2 is 1.82 bits per heavy atom. The zero-order chi connectivity index (χ0) is 27.0. The maximum Gasteiger partial charge on any atom is 0.337 e. The SMILES string of the molecule is C[C@@H]1CN(c2ncc(C(=O)O)cc2Cl)CCN1c1cc(-c2ccc(F)c(Cl)c2)nc(N2CCCC[C@@H]2C)n1. The molecule has 11 heteroatoms. The number of carbonyl (C=O) groups is 1. The highest BCUT2D eigenvalue weighted by Gasteiger charge is 2.29. The summed E-state index contributed by atoms with van der Waals surface area (Å²) < 4.78 is 13.9. The van der Waals surface area contributed by atoms with Crippen molar-refractivity contribution in [1.29, 1.82) is 0 Å². The van der Waals surface area contributed by atoms with E-state index in [-0.39, 0.29) is 16.6 Å². The van der Waals surface area contributed by atoms with Crippen LogP contribution in [0.15, 0.2) is 36.5 Å². The lowest BCUT2D eigenvalue weighted by molar-refractivity contribution is 0.0696. The van der Waals surface area contributed by atoms with Crippen molar-refractivity contribution >= 4 is 46.8 Å². The zero-order valence-corrected chi connectivity index (χ0v) is 22.8.